The van der Waals surface area contributed by atoms with Gasteiger partial charge in [-0.1, -0.05) is 42.8 Å². The minimum absolute atomic E-state index is 0.219. The highest BCUT2D eigenvalue weighted by molar-refractivity contribution is 7.55. The summed E-state index contributed by atoms with van der Waals surface area (Å²) in [6, 6.07) is 17.1. The van der Waals surface area contributed by atoms with Crippen LogP contribution in [-0.2, 0) is 9.36 Å². The zero-order valence-electron chi connectivity index (χ0n) is 17.1. The number of hydrogen-bond acceptors (Lipinski definition) is 6. The number of hydrogen-bond donors (Lipinski definition) is 2. The van der Waals surface area contributed by atoms with E-state index in [2.05, 4.69) is 0 Å². The fraction of sp³-hybridized carbons (Fsp3) is 0.409. The van der Waals surface area contributed by atoms with Crippen molar-refractivity contribution in [1.82, 2.24) is 4.90 Å². The van der Waals surface area contributed by atoms with Crippen molar-refractivity contribution in [3.8, 4) is 11.5 Å². The van der Waals surface area contributed by atoms with Crippen LogP contribution in [0.2, 0.25) is 0 Å². The molecule has 4 N–H and O–H groups in total. The molecule has 162 valence electrons. The minimum atomic E-state index is -3.76. The third-order valence-corrected chi connectivity index (χ3v) is 7.30. The van der Waals surface area contributed by atoms with E-state index in [0.717, 1.165) is 12.8 Å². The number of rotatable bonds is 10. The molecule has 1 aliphatic heterocycles. The van der Waals surface area contributed by atoms with Gasteiger partial charge in [-0.05, 0) is 56.5 Å². The topological polar surface area (TPSA) is 108 Å². The highest BCUT2D eigenvalue weighted by Gasteiger charge is 2.48. The van der Waals surface area contributed by atoms with E-state index in [1.165, 1.54) is 0 Å². The zero-order valence-corrected chi connectivity index (χ0v) is 18.0. The summed E-state index contributed by atoms with van der Waals surface area (Å²) in [4.78, 5) is 14.6. The number of nitrogens with zero attached hydrogens (tertiary/aromatic N) is 1. The molecule has 1 amide bonds. The van der Waals surface area contributed by atoms with Crippen LogP contribution in [0.3, 0.4) is 0 Å². The number of unbranched alkanes of at least 4 members (excludes halogenated alkanes) is 1. The summed E-state index contributed by atoms with van der Waals surface area (Å²) in [7, 11) is -3.76. The summed E-state index contributed by atoms with van der Waals surface area (Å²) in [6.45, 7) is 1.05. The molecule has 2 aromatic rings. The van der Waals surface area contributed by atoms with Crippen LogP contribution >= 0.6 is 7.60 Å². The molecule has 0 radical (unpaired) electrons. The van der Waals surface area contributed by atoms with E-state index in [4.69, 9.17) is 20.5 Å². The lowest BCUT2D eigenvalue weighted by Crippen LogP contribution is -2.46. The van der Waals surface area contributed by atoms with Gasteiger partial charge in [0.1, 0.15) is 11.5 Å². The number of carbonyl (C=O) groups is 1. The largest absolute Gasteiger partial charge is 0.453 e. The summed E-state index contributed by atoms with van der Waals surface area (Å²) in [5, 5.41) is 0. The highest BCUT2D eigenvalue weighted by Crippen LogP contribution is 2.57. The van der Waals surface area contributed by atoms with E-state index in [9.17, 15) is 9.36 Å². The predicted octanol–water partition coefficient (Wildman–Crippen LogP) is 3.74. The molecule has 1 saturated heterocycles. The minimum Gasteiger partial charge on any atom is -0.415 e. The van der Waals surface area contributed by atoms with Crippen molar-refractivity contribution in [2.75, 3.05) is 13.1 Å². The fourth-order valence-corrected chi connectivity index (χ4v) is 5.76. The summed E-state index contributed by atoms with van der Waals surface area (Å²) >= 11 is 0. The molecule has 0 aromatic heterocycles. The average molecular weight is 431 g/mol. The Morgan fingerprint density at radius 3 is 2.13 bits per heavy atom. The summed E-state index contributed by atoms with van der Waals surface area (Å²) in [5.74, 6) is -0.0411. The van der Waals surface area contributed by atoms with Gasteiger partial charge in [-0.3, -0.25) is 4.79 Å². The Hall–Kier alpha value is -2.34. The van der Waals surface area contributed by atoms with E-state index in [0.29, 0.717) is 43.9 Å². The maximum absolute atomic E-state index is 14.1. The van der Waals surface area contributed by atoms with Crippen molar-refractivity contribution in [2.45, 2.75) is 43.9 Å². The molecule has 1 fully saturated rings. The van der Waals surface area contributed by atoms with Crippen LogP contribution in [0.25, 0.3) is 0 Å². The Morgan fingerprint density at radius 2 is 1.60 bits per heavy atom. The van der Waals surface area contributed by atoms with Crippen LogP contribution in [0.1, 0.15) is 32.1 Å². The molecule has 0 saturated carbocycles. The van der Waals surface area contributed by atoms with Gasteiger partial charge in [0.25, 0.3) is 0 Å². The maximum Gasteiger partial charge on any atom is 0.453 e. The Bertz CT molecular complexity index is 804. The Balaban J connectivity index is 1.84. The average Bonchev–Trinajstić information content (AvgIpc) is 3.25. The first-order valence-electron chi connectivity index (χ1n) is 10.4. The fourth-order valence-electron chi connectivity index (χ4n) is 3.58. The number of nitrogens with two attached hydrogens (primary N) is 2. The number of amides is 1. The van der Waals surface area contributed by atoms with Crippen LogP contribution in [0, 0.1) is 0 Å². The van der Waals surface area contributed by atoms with Crippen LogP contribution in [0.4, 0.5) is 0 Å². The van der Waals surface area contributed by atoms with E-state index in [1.807, 2.05) is 12.1 Å². The van der Waals surface area contributed by atoms with E-state index >= 15 is 0 Å². The van der Waals surface area contributed by atoms with Crippen LogP contribution in [0.5, 0.6) is 11.5 Å². The molecule has 30 heavy (non-hydrogen) atoms. The van der Waals surface area contributed by atoms with Crippen molar-refractivity contribution in [3.05, 3.63) is 60.7 Å². The molecule has 0 bridgehead atoms. The van der Waals surface area contributed by atoms with Gasteiger partial charge in [-0.25, -0.2) is 4.57 Å². The Kier molecular flexibility index (Phi) is 7.91. The van der Waals surface area contributed by atoms with Gasteiger partial charge >= 0.3 is 7.60 Å². The lowest BCUT2D eigenvalue weighted by Gasteiger charge is -2.32. The third kappa shape index (κ3) is 5.63. The number of carbonyl (C=O) groups excluding carboxylic acids is 1. The first-order chi connectivity index (χ1) is 14.5. The third-order valence-electron chi connectivity index (χ3n) is 5.11. The van der Waals surface area contributed by atoms with Gasteiger partial charge < -0.3 is 25.4 Å². The molecule has 7 nitrogen and oxygen atoms in total. The van der Waals surface area contributed by atoms with E-state index in [-0.39, 0.29) is 5.91 Å². The van der Waals surface area contributed by atoms with Crippen LogP contribution in [-0.4, -0.2) is 35.7 Å². The number of para-hydroxylation sites is 2. The van der Waals surface area contributed by atoms with Crippen LogP contribution < -0.4 is 20.5 Å². The van der Waals surface area contributed by atoms with Crippen molar-refractivity contribution in [1.29, 1.82) is 0 Å². The highest BCUT2D eigenvalue weighted by atomic mass is 31.2. The molecule has 2 aromatic carbocycles. The Morgan fingerprint density at radius 1 is 1.03 bits per heavy atom. The molecule has 8 heteroatoms. The summed E-state index contributed by atoms with van der Waals surface area (Å²) < 4.78 is 25.9. The maximum atomic E-state index is 14.1. The normalized spacial score (nSPS) is 17.5. The number of benzene rings is 2. The predicted molar refractivity (Wildman–Crippen MR) is 117 cm³/mol. The Labute approximate surface area is 177 Å². The van der Waals surface area contributed by atoms with E-state index < -0.39 is 19.4 Å². The second-order valence-electron chi connectivity index (χ2n) is 7.39. The van der Waals surface area contributed by atoms with Crippen LogP contribution in [0.15, 0.2) is 60.7 Å². The van der Waals surface area contributed by atoms with Crippen molar-refractivity contribution in [3.63, 3.8) is 0 Å². The smallest absolute Gasteiger partial charge is 0.415 e. The first-order valence-corrected chi connectivity index (χ1v) is 12.0. The zero-order chi connectivity index (χ0) is 21.4. The molecule has 3 rings (SSSR count). The lowest BCUT2D eigenvalue weighted by atomic mass is 10.1. The van der Waals surface area contributed by atoms with Gasteiger partial charge in [0.2, 0.25) is 5.91 Å². The van der Waals surface area contributed by atoms with Crippen molar-refractivity contribution in [2.24, 2.45) is 11.5 Å². The molecular weight excluding hydrogens is 401 g/mol. The van der Waals surface area contributed by atoms with E-state index in [1.54, 1.807) is 53.4 Å². The lowest BCUT2D eigenvalue weighted by molar-refractivity contribution is -0.132. The molecule has 0 unspecified atom stereocenters. The summed E-state index contributed by atoms with van der Waals surface area (Å²) in [6.07, 6.45) is 3.38. The first kappa shape index (κ1) is 22.3. The second kappa shape index (κ2) is 10.6. The summed E-state index contributed by atoms with van der Waals surface area (Å²) in [5.41, 5.74) is 11.7. The second-order valence-corrected chi connectivity index (χ2v) is 9.43. The molecule has 1 aliphatic rings. The van der Waals surface area contributed by atoms with Gasteiger partial charge in [0.15, 0.2) is 5.78 Å². The number of likely N-dealkylation sites (tertiary alicyclic amines) is 1. The standard InChI is InChI=1S/C22H30N3O4P/c23-16-8-7-14-20(24)22(26)25-17-9-15-21(25)30(27,28-18-10-3-1-4-11-18)29-19-12-5-2-6-13-19/h1-6,10-13,20-21H,7-9,14-17,23-24H2/t20-,21-/m0/s1. The van der Waals surface area contributed by atoms with Gasteiger partial charge in [0, 0.05) is 6.54 Å². The molecule has 1 heterocycles. The van der Waals surface area contributed by atoms with Gasteiger partial charge in [0.05, 0.1) is 6.04 Å². The quantitative estimate of drug-likeness (QED) is 0.438. The monoisotopic (exact) mass is 431 g/mol. The SMILES string of the molecule is NCCCC[C@H](N)C(=O)N1CCC[C@@H]1P(=O)(Oc1ccccc1)Oc1ccccc1. The van der Waals surface area contributed by atoms with Gasteiger partial charge in [-0.15, -0.1) is 0 Å². The van der Waals surface area contributed by atoms with Gasteiger partial charge in [-0.2, -0.15) is 0 Å². The van der Waals surface area contributed by atoms with Crippen molar-refractivity contribution < 1.29 is 18.4 Å². The molecule has 2 atom stereocenters. The molecular formula is C22H30N3O4P. The molecule has 0 spiro atoms. The molecule has 0 aliphatic carbocycles. The van der Waals surface area contributed by atoms with Crippen molar-refractivity contribution >= 4 is 13.5 Å².